The minimum absolute atomic E-state index is 0.0479. The molecule has 2 aromatic carbocycles. The van der Waals surface area contributed by atoms with Crippen molar-refractivity contribution in [2.75, 3.05) is 13.1 Å². The summed E-state index contributed by atoms with van der Waals surface area (Å²) in [6.07, 6.45) is 1.75. The van der Waals surface area contributed by atoms with Crippen LogP contribution in [0.1, 0.15) is 23.1 Å². The van der Waals surface area contributed by atoms with Crippen molar-refractivity contribution in [3.63, 3.8) is 0 Å². The molecule has 3 rings (SSSR count). The molecular formula is C19H23NO3S. The lowest BCUT2D eigenvalue weighted by atomic mass is 9.98. The Kier molecular flexibility index (Phi) is 5.04. The van der Waals surface area contributed by atoms with Gasteiger partial charge in [0.2, 0.25) is 10.0 Å². The zero-order chi connectivity index (χ0) is 17.2. The third kappa shape index (κ3) is 3.69. The molecule has 2 aromatic rings. The average molecular weight is 345 g/mol. The monoisotopic (exact) mass is 345 g/mol. The van der Waals surface area contributed by atoms with Gasteiger partial charge in [0.25, 0.3) is 0 Å². The van der Waals surface area contributed by atoms with Crippen molar-refractivity contribution in [3.8, 4) is 0 Å². The Bertz CT molecular complexity index is 782. The van der Waals surface area contributed by atoms with Gasteiger partial charge in [-0.3, -0.25) is 0 Å². The Morgan fingerprint density at radius 3 is 2.29 bits per heavy atom. The fourth-order valence-electron chi connectivity index (χ4n) is 3.16. The molecule has 1 aliphatic heterocycles. The molecule has 1 aliphatic rings. The van der Waals surface area contributed by atoms with E-state index in [0.29, 0.717) is 23.9 Å². The normalized spacial score (nSPS) is 18.8. The highest BCUT2D eigenvalue weighted by atomic mass is 32.2. The lowest BCUT2D eigenvalue weighted by molar-refractivity contribution is 0.282. The molecule has 5 heteroatoms. The summed E-state index contributed by atoms with van der Waals surface area (Å²) in [7, 11) is -3.39. The minimum atomic E-state index is -3.39. The summed E-state index contributed by atoms with van der Waals surface area (Å²) in [6.45, 7) is 3.14. The highest BCUT2D eigenvalue weighted by Gasteiger charge is 2.32. The van der Waals surface area contributed by atoms with Crippen LogP contribution in [-0.2, 0) is 23.1 Å². The van der Waals surface area contributed by atoms with Gasteiger partial charge in [0, 0.05) is 13.1 Å². The van der Waals surface area contributed by atoms with Crippen LogP contribution in [0.25, 0.3) is 0 Å². The Morgan fingerprint density at radius 2 is 1.67 bits per heavy atom. The summed E-state index contributed by atoms with van der Waals surface area (Å²) in [6, 6.07) is 14.9. The molecule has 0 bridgehead atoms. The van der Waals surface area contributed by atoms with Crippen molar-refractivity contribution in [1.82, 2.24) is 4.31 Å². The first-order valence-electron chi connectivity index (χ1n) is 8.24. The molecule has 1 N–H and O–H groups in total. The average Bonchev–Trinajstić information content (AvgIpc) is 3.05. The molecule has 1 heterocycles. The summed E-state index contributed by atoms with van der Waals surface area (Å²) in [5, 5.41) is 9.09. The number of nitrogens with zero attached hydrogens (tertiary/aromatic N) is 1. The highest BCUT2D eigenvalue weighted by molar-refractivity contribution is 7.89. The number of hydrogen-bond donors (Lipinski definition) is 1. The molecule has 1 fully saturated rings. The van der Waals surface area contributed by atoms with Crippen LogP contribution in [0, 0.1) is 12.8 Å². The molecule has 4 nitrogen and oxygen atoms in total. The van der Waals surface area contributed by atoms with E-state index >= 15 is 0 Å². The van der Waals surface area contributed by atoms with Crippen molar-refractivity contribution < 1.29 is 13.5 Å². The first kappa shape index (κ1) is 17.1. The second kappa shape index (κ2) is 7.05. The van der Waals surface area contributed by atoms with Crippen molar-refractivity contribution >= 4 is 10.0 Å². The number of rotatable bonds is 5. The van der Waals surface area contributed by atoms with E-state index in [1.165, 1.54) is 5.56 Å². The summed E-state index contributed by atoms with van der Waals surface area (Å²) >= 11 is 0. The zero-order valence-electron chi connectivity index (χ0n) is 13.9. The van der Waals surface area contributed by atoms with Crippen LogP contribution < -0.4 is 0 Å². The van der Waals surface area contributed by atoms with Crippen LogP contribution in [0.4, 0.5) is 0 Å². The van der Waals surface area contributed by atoms with Crippen LogP contribution in [0.2, 0.25) is 0 Å². The minimum Gasteiger partial charge on any atom is -0.392 e. The maximum atomic E-state index is 12.7. The number of benzene rings is 2. The Labute approximate surface area is 143 Å². The lowest BCUT2D eigenvalue weighted by Gasteiger charge is -2.17. The fraction of sp³-hybridized carbons (Fsp3) is 0.368. The molecule has 1 atom stereocenters. The topological polar surface area (TPSA) is 57.6 Å². The number of sulfonamides is 1. The van der Waals surface area contributed by atoms with Crippen LogP contribution in [0.5, 0.6) is 0 Å². The summed E-state index contributed by atoms with van der Waals surface area (Å²) in [5.74, 6) is 0.338. The zero-order valence-corrected chi connectivity index (χ0v) is 14.7. The predicted molar refractivity (Wildman–Crippen MR) is 94.1 cm³/mol. The molecule has 24 heavy (non-hydrogen) atoms. The van der Waals surface area contributed by atoms with E-state index in [4.69, 9.17) is 5.11 Å². The van der Waals surface area contributed by atoms with E-state index in [2.05, 4.69) is 0 Å². The van der Waals surface area contributed by atoms with Gasteiger partial charge in [-0.25, -0.2) is 8.42 Å². The molecule has 1 unspecified atom stereocenters. The Morgan fingerprint density at radius 1 is 1.04 bits per heavy atom. The van der Waals surface area contributed by atoms with E-state index in [9.17, 15) is 8.42 Å². The van der Waals surface area contributed by atoms with Gasteiger partial charge in [-0.2, -0.15) is 4.31 Å². The molecule has 0 saturated carbocycles. The van der Waals surface area contributed by atoms with Crippen molar-refractivity contribution in [2.45, 2.75) is 31.3 Å². The first-order chi connectivity index (χ1) is 11.5. The first-order valence-corrected chi connectivity index (χ1v) is 9.68. The van der Waals surface area contributed by atoms with Crippen LogP contribution in [-0.4, -0.2) is 30.9 Å². The molecule has 0 spiro atoms. The van der Waals surface area contributed by atoms with Gasteiger partial charge in [0.1, 0.15) is 0 Å². The third-order valence-electron chi connectivity index (χ3n) is 4.64. The smallest absolute Gasteiger partial charge is 0.243 e. The van der Waals surface area contributed by atoms with Gasteiger partial charge in [-0.15, -0.1) is 0 Å². The van der Waals surface area contributed by atoms with Crippen LogP contribution in [0.15, 0.2) is 53.4 Å². The largest absolute Gasteiger partial charge is 0.392 e. The van der Waals surface area contributed by atoms with Gasteiger partial charge in [0.15, 0.2) is 0 Å². The van der Waals surface area contributed by atoms with Crippen LogP contribution in [0.3, 0.4) is 0 Å². The molecule has 0 radical (unpaired) electrons. The lowest BCUT2D eigenvalue weighted by Crippen LogP contribution is -2.29. The molecule has 0 aliphatic carbocycles. The van der Waals surface area contributed by atoms with Crippen molar-refractivity contribution in [2.24, 2.45) is 5.92 Å². The number of aliphatic hydroxyl groups excluding tert-OH is 1. The summed E-state index contributed by atoms with van der Waals surface area (Å²) in [5.41, 5.74) is 3.14. The Balaban J connectivity index is 1.66. The van der Waals surface area contributed by atoms with E-state index in [1.54, 1.807) is 16.4 Å². The Hall–Kier alpha value is -1.69. The summed E-state index contributed by atoms with van der Waals surface area (Å²) in [4.78, 5) is 0.376. The van der Waals surface area contributed by atoms with Gasteiger partial charge in [0.05, 0.1) is 11.5 Å². The number of hydrogen-bond acceptors (Lipinski definition) is 3. The highest BCUT2D eigenvalue weighted by Crippen LogP contribution is 2.27. The van der Waals surface area contributed by atoms with Gasteiger partial charge < -0.3 is 5.11 Å². The second-order valence-electron chi connectivity index (χ2n) is 6.51. The molecule has 0 aromatic heterocycles. The maximum absolute atomic E-state index is 12.7. The molecule has 0 amide bonds. The standard InChI is InChI=1S/C19H23NO3S/c1-15-2-8-19(9-3-15)24(22,23)20-11-10-18(13-20)12-16-4-6-17(14-21)7-5-16/h2-9,18,21H,10-14H2,1H3. The van der Waals surface area contributed by atoms with E-state index < -0.39 is 10.0 Å². The van der Waals surface area contributed by atoms with E-state index in [0.717, 1.165) is 24.0 Å². The van der Waals surface area contributed by atoms with Crippen LogP contribution >= 0.6 is 0 Å². The van der Waals surface area contributed by atoms with Gasteiger partial charge >= 0.3 is 0 Å². The summed E-state index contributed by atoms with van der Waals surface area (Å²) < 4.78 is 27.1. The third-order valence-corrected chi connectivity index (χ3v) is 6.52. The van der Waals surface area contributed by atoms with Gasteiger partial charge in [-0.05, 0) is 48.9 Å². The van der Waals surface area contributed by atoms with Crippen molar-refractivity contribution in [1.29, 1.82) is 0 Å². The molecular weight excluding hydrogens is 322 g/mol. The number of aryl methyl sites for hydroxylation is 1. The second-order valence-corrected chi connectivity index (χ2v) is 8.45. The van der Waals surface area contributed by atoms with Gasteiger partial charge in [-0.1, -0.05) is 42.0 Å². The van der Waals surface area contributed by atoms with E-state index in [1.807, 2.05) is 43.3 Å². The van der Waals surface area contributed by atoms with Crippen molar-refractivity contribution in [3.05, 3.63) is 65.2 Å². The fourth-order valence-corrected chi connectivity index (χ4v) is 4.69. The molecule has 128 valence electrons. The van der Waals surface area contributed by atoms with E-state index in [-0.39, 0.29) is 6.61 Å². The maximum Gasteiger partial charge on any atom is 0.243 e. The quantitative estimate of drug-likeness (QED) is 0.906. The SMILES string of the molecule is Cc1ccc(S(=O)(=O)N2CCC(Cc3ccc(CO)cc3)C2)cc1. The predicted octanol–water partition coefficient (Wildman–Crippen LogP) is 2.74. The molecule has 1 saturated heterocycles. The number of aliphatic hydroxyl groups is 1.